The molecule has 0 spiro atoms. The highest BCUT2D eigenvalue weighted by Gasteiger charge is 2.35. The van der Waals surface area contributed by atoms with Crippen LogP contribution in [0.25, 0.3) is 0 Å². The standard InChI is InChI=1S/C31H31Cl3FN3O3/c1-36(2)24-15-17-37(18-16-24)28(39)13-14-29(40)38(25-10-7-22(33)8-11-25)30(26-12-9-23(35)19-27(26)34)31(41)20-3-5-21(32)6-4-20/h3-12,19,24,30H,13-18H2,1-2H3. The Morgan fingerprint density at radius 2 is 1.46 bits per heavy atom. The average Bonchev–Trinajstić information content (AvgIpc) is 2.95. The molecule has 1 heterocycles. The molecule has 0 aliphatic carbocycles. The molecule has 0 bridgehead atoms. The third-order valence-electron chi connectivity index (χ3n) is 7.37. The van der Waals surface area contributed by atoms with E-state index in [-0.39, 0.29) is 34.9 Å². The van der Waals surface area contributed by atoms with Crippen LogP contribution in [0.3, 0.4) is 0 Å². The lowest BCUT2D eigenvalue weighted by Crippen LogP contribution is -2.45. The molecule has 1 unspecified atom stereocenters. The SMILES string of the molecule is CN(C)C1CCN(C(=O)CCC(=O)N(c2ccc(Cl)cc2)C(C(=O)c2ccc(Cl)cc2)c2ccc(F)cc2Cl)CC1. The van der Waals surface area contributed by atoms with Crippen LogP contribution >= 0.6 is 34.8 Å². The number of amides is 2. The number of hydrogen-bond acceptors (Lipinski definition) is 4. The van der Waals surface area contributed by atoms with E-state index in [9.17, 15) is 18.8 Å². The molecule has 0 aromatic heterocycles. The average molecular weight is 619 g/mol. The second-order valence-electron chi connectivity index (χ2n) is 10.3. The number of halogens is 4. The van der Waals surface area contributed by atoms with Crippen molar-refractivity contribution >= 4 is 58.1 Å². The summed E-state index contributed by atoms with van der Waals surface area (Å²) in [6.07, 6.45) is 1.57. The lowest BCUT2D eigenvalue weighted by atomic mass is 9.94. The zero-order valence-corrected chi connectivity index (χ0v) is 25.1. The van der Waals surface area contributed by atoms with E-state index in [1.807, 2.05) is 14.1 Å². The number of carbonyl (C=O) groups excluding carboxylic acids is 3. The first-order valence-corrected chi connectivity index (χ1v) is 14.4. The van der Waals surface area contributed by atoms with E-state index in [4.69, 9.17) is 34.8 Å². The number of Topliss-reactive ketones (excluding diaryl/α,β-unsaturated/α-hetero) is 1. The van der Waals surface area contributed by atoms with Crippen molar-refractivity contribution in [3.05, 3.63) is 98.7 Å². The molecule has 41 heavy (non-hydrogen) atoms. The van der Waals surface area contributed by atoms with Gasteiger partial charge in [-0.3, -0.25) is 19.3 Å². The fourth-order valence-electron chi connectivity index (χ4n) is 5.06. The summed E-state index contributed by atoms with van der Waals surface area (Å²) >= 11 is 18.6. The number of nitrogens with zero attached hydrogens (tertiary/aromatic N) is 3. The molecular weight excluding hydrogens is 588 g/mol. The Balaban J connectivity index is 1.67. The van der Waals surface area contributed by atoms with Crippen LogP contribution in [-0.2, 0) is 9.59 Å². The van der Waals surface area contributed by atoms with Gasteiger partial charge in [0.15, 0.2) is 5.78 Å². The van der Waals surface area contributed by atoms with Gasteiger partial charge < -0.3 is 9.80 Å². The number of rotatable bonds is 9. The third-order valence-corrected chi connectivity index (χ3v) is 8.20. The predicted molar refractivity (Wildman–Crippen MR) is 161 cm³/mol. The van der Waals surface area contributed by atoms with Crippen molar-refractivity contribution < 1.29 is 18.8 Å². The zero-order valence-electron chi connectivity index (χ0n) is 22.8. The van der Waals surface area contributed by atoms with Gasteiger partial charge >= 0.3 is 0 Å². The molecule has 1 aliphatic rings. The topological polar surface area (TPSA) is 60.9 Å². The van der Waals surface area contributed by atoms with Crippen LogP contribution in [0.4, 0.5) is 10.1 Å². The Kier molecular flexibility index (Phi) is 10.4. The summed E-state index contributed by atoms with van der Waals surface area (Å²) in [6.45, 7) is 1.25. The Morgan fingerprint density at radius 3 is 2.02 bits per heavy atom. The Bertz CT molecular complexity index is 1390. The first kappa shape index (κ1) is 31.0. The smallest absolute Gasteiger partial charge is 0.228 e. The number of likely N-dealkylation sites (tertiary alicyclic amines) is 1. The first-order chi connectivity index (χ1) is 19.5. The molecule has 0 radical (unpaired) electrons. The van der Waals surface area contributed by atoms with Gasteiger partial charge in [0.1, 0.15) is 11.9 Å². The van der Waals surface area contributed by atoms with E-state index < -0.39 is 23.5 Å². The second kappa shape index (κ2) is 13.8. The van der Waals surface area contributed by atoms with Gasteiger partial charge in [-0.05, 0) is 87.6 Å². The maximum absolute atomic E-state index is 14.1. The number of ketones is 1. The minimum absolute atomic E-state index is 0.0103. The molecule has 1 aliphatic heterocycles. The number of carbonyl (C=O) groups is 3. The lowest BCUT2D eigenvalue weighted by molar-refractivity contribution is -0.134. The minimum atomic E-state index is -1.25. The molecule has 0 saturated carbocycles. The zero-order chi connectivity index (χ0) is 29.7. The summed E-state index contributed by atoms with van der Waals surface area (Å²) in [5.41, 5.74) is 0.908. The highest BCUT2D eigenvalue weighted by molar-refractivity contribution is 6.32. The van der Waals surface area contributed by atoms with Gasteiger partial charge in [-0.25, -0.2) is 4.39 Å². The molecule has 1 atom stereocenters. The molecule has 3 aromatic rings. The predicted octanol–water partition coefficient (Wildman–Crippen LogP) is 7.08. The van der Waals surface area contributed by atoms with E-state index in [0.717, 1.165) is 18.9 Å². The van der Waals surface area contributed by atoms with Crippen LogP contribution in [0.5, 0.6) is 0 Å². The Hall–Kier alpha value is -2.97. The quantitative estimate of drug-likeness (QED) is 0.241. The number of piperidine rings is 1. The molecule has 0 N–H and O–H groups in total. The molecule has 1 fully saturated rings. The van der Waals surface area contributed by atoms with Crippen molar-refractivity contribution in [2.45, 2.75) is 37.8 Å². The van der Waals surface area contributed by atoms with Gasteiger partial charge in [0.05, 0.1) is 0 Å². The minimum Gasteiger partial charge on any atom is -0.343 e. The summed E-state index contributed by atoms with van der Waals surface area (Å²) in [4.78, 5) is 46.4. The van der Waals surface area contributed by atoms with Crippen LogP contribution in [0.15, 0.2) is 66.7 Å². The Morgan fingerprint density at radius 1 is 0.878 bits per heavy atom. The molecule has 2 amide bonds. The van der Waals surface area contributed by atoms with Gasteiger partial charge in [0.2, 0.25) is 11.8 Å². The van der Waals surface area contributed by atoms with Crippen LogP contribution in [0, 0.1) is 5.82 Å². The summed E-state index contributed by atoms with van der Waals surface area (Å²) in [7, 11) is 4.06. The lowest BCUT2D eigenvalue weighted by Gasteiger charge is -2.35. The van der Waals surface area contributed by atoms with Crippen molar-refractivity contribution in [1.82, 2.24) is 9.80 Å². The monoisotopic (exact) mass is 617 g/mol. The van der Waals surface area contributed by atoms with Crippen LogP contribution in [0.1, 0.15) is 47.6 Å². The van der Waals surface area contributed by atoms with Crippen molar-refractivity contribution in [2.24, 2.45) is 0 Å². The van der Waals surface area contributed by atoms with Crippen LogP contribution < -0.4 is 4.90 Å². The Labute approximate surface area is 254 Å². The van der Waals surface area contributed by atoms with Gasteiger partial charge in [-0.1, -0.05) is 40.9 Å². The van der Waals surface area contributed by atoms with Crippen LogP contribution in [0.2, 0.25) is 15.1 Å². The normalized spacial score (nSPS) is 14.7. The van der Waals surface area contributed by atoms with E-state index in [0.29, 0.717) is 34.9 Å². The molecule has 216 valence electrons. The van der Waals surface area contributed by atoms with E-state index in [1.54, 1.807) is 53.4 Å². The largest absolute Gasteiger partial charge is 0.343 e. The second-order valence-corrected chi connectivity index (χ2v) is 11.5. The molecular formula is C31H31Cl3FN3O3. The van der Waals surface area contributed by atoms with Crippen LogP contribution in [-0.4, -0.2) is 60.6 Å². The molecule has 10 heteroatoms. The fraction of sp³-hybridized carbons (Fsp3) is 0.323. The van der Waals surface area contributed by atoms with Gasteiger partial charge in [0, 0.05) is 63.9 Å². The molecule has 1 saturated heterocycles. The summed E-state index contributed by atoms with van der Waals surface area (Å²) in [6, 6.07) is 15.6. The molecule has 3 aromatic carbocycles. The van der Waals surface area contributed by atoms with Gasteiger partial charge in [-0.15, -0.1) is 0 Å². The fourth-order valence-corrected chi connectivity index (χ4v) is 5.58. The molecule has 6 nitrogen and oxygen atoms in total. The number of hydrogen-bond donors (Lipinski definition) is 0. The molecule has 4 rings (SSSR count). The third kappa shape index (κ3) is 7.66. The van der Waals surface area contributed by atoms with E-state index in [2.05, 4.69) is 4.90 Å². The summed E-state index contributed by atoms with van der Waals surface area (Å²) < 4.78 is 14.0. The maximum Gasteiger partial charge on any atom is 0.228 e. The van der Waals surface area contributed by atoms with Crippen molar-refractivity contribution in [1.29, 1.82) is 0 Å². The first-order valence-electron chi connectivity index (χ1n) is 13.3. The maximum atomic E-state index is 14.1. The van der Waals surface area contributed by atoms with Crippen molar-refractivity contribution in [3.63, 3.8) is 0 Å². The van der Waals surface area contributed by atoms with E-state index >= 15 is 0 Å². The van der Waals surface area contributed by atoms with Gasteiger partial charge in [-0.2, -0.15) is 0 Å². The number of benzene rings is 3. The van der Waals surface area contributed by atoms with Crippen molar-refractivity contribution in [2.75, 3.05) is 32.1 Å². The highest BCUT2D eigenvalue weighted by Crippen LogP contribution is 2.36. The van der Waals surface area contributed by atoms with Crippen molar-refractivity contribution in [3.8, 4) is 0 Å². The van der Waals surface area contributed by atoms with E-state index in [1.165, 1.54) is 17.0 Å². The van der Waals surface area contributed by atoms with Gasteiger partial charge in [0.25, 0.3) is 0 Å². The number of anilines is 1. The highest BCUT2D eigenvalue weighted by atomic mass is 35.5. The summed E-state index contributed by atoms with van der Waals surface area (Å²) in [5.74, 6) is -1.61. The summed E-state index contributed by atoms with van der Waals surface area (Å²) in [5, 5.41) is 0.874.